The molecule has 1 aliphatic carbocycles. The van der Waals surface area contributed by atoms with Gasteiger partial charge in [0.2, 0.25) is 5.91 Å². The van der Waals surface area contributed by atoms with Gasteiger partial charge in [-0.3, -0.25) is 14.5 Å². The second kappa shape index (κ2) is 11.3. The first-order valence-electron chi connectivity index (χ1n) is 10.9. The molecule has 2 saturated heterocycles. The van der Waals surface area contributed by atoms with Gasteiger partial charge in [-0.2, -0.15) is 5.10 Å². The first kappa shape index (κ1) is 31.2. The number of ketones is 1. The van der Waals surface area contributed by atoms with Crippen molar-refractivity contribution in [3.05, 3.63) is 35.4 Å². The van der Waals surface area contributed by atoms with Crippen LogP contribution in [0.15, 0.2) is 29.9 Å². The minimum absolute atomic E-state index is 0. The van der Waals surface area contributed by atoms with Crippen LogP contribution in [0.4, 0.5) is 4.79 Å². The Hall–Kier alpha value is -2.34. The normalized spacial score (nSPS) is 27.1. The number of hydrogen-bond acceptors (Lipinski definition) is 11. The van der Waals surface area contributed by atoms with E-state index in [-0.39, 0.29) is 49.1 Å². The molecule has 39 heavy (non-hydrogen) atoms. The SMILES string of the molecule is C=C/C=N\N1CCN([C@]2(C(=O)O)CC3C(=O)C(NC(=O)C(c4cc(O)c(O)cc4Cl)S(=O)(=O)[O-])C3S2)C1=O.[Na+]. The Bertz CT molecular complexity index is 1390. The molecule has 3 aliphatic rings. The van der Waals surface area contributed by atoms with Gasteiger partial charge in [0, 0.05) is 47.0 Å². The molecule has 0 aromatic heterocycles. The maximum absolute atomic E-state index is 13.0. The molecular formula is C21H20ClN4NaO10S2. The third-order valence-corrected chi connectivity index (χ3v) is 9.69. The average molecular weight is 611 g/mol. The topological polar surface area (TPSA) is 217 Å². The summed E-state index contributed by atoms with van der Waals surface area (Å²) >= 11 is 6.67. The first-order valence-corrected chi connectivity index (χ1v) is 13.6. The maximum Gasteiger partial charge on any atom is 1.00 e. The number of Topliss-reactive ketones (excluding diaryl/α,β-unsaturated/α-hetero) is 1. The molecule has 3 fully saturated rings. The van der Waals surface area contributed by atoms with Crippen molar-refractivity contribution in [3.63, 3.8) is 0 Å². The molecule has 14 nitrogen and oxygen atoms in total. The number of allylic oxidation sites excluding steroid dienone is 1. The summed E-state index contributed by atoms with van der Waals surface area (Å²) in [7, 11) is -5.44. The number of phenols is 2. The summed E-state index contributed by atoms with van der Waals surface area (Å²) in [6.07, 6.45) is 2.34. The summed E-state index contributed by atoms with van der Waals surface area (Å²) < 4.78 is 35.9. The number of aliphatic carboxylic acids is 1. The molecular weight excluding hydrogens is 591 g/mol. The number of carbonyl (C=O) groups is 4. The van der Waals surface area contributed by atoms with Gasteiger partial charge in [-0.15, -0.1) is 11.8 Å². The predicted octanol–water partition coefficient (Wildman–Crippen LogP) is -2.78. The van der Waals surface area contributed by atoms with Gasteiger partial charge < -0.3 is 25.2 Å². The molecule has 1 aromatic rings. The van der Waals surface area contributed by atoms with Crippen molar-refractivity contribution >= 4 is 63.4 Å². The number of thioether (sulfide) groups is 1. The van der Waals surface area contributed by atoms with E-state index in [1.165, 1.54) is 12.3 Å². The van der Waals surface area contributed by atoms with Crippen LogP contribution in [-0.4, -0.2) is 97.4 Å². The van der Waals surface area contributed by atoms with Gasteiger partial charge in [0.15, 0.2) is 27.4 Å². The number of nitrogens with one attached hydrogen (secondary N) is 1. The summed E-state index contributed by atoms with van der Waals surface area (Å²) in [6.45, 7) is 3.54. The van der Waals surface area contributed by atoms with Crippen molar-refractivity contribution in [2.45, 2.75) is 27.8 Å². The Morgan fingerprint density at radius 2 is 1.92 bits per heavy atom. The number of fused-ring (bicyclic) bond motifs is 1. The summed E-state index contributed by atoms with van der Waals surface area (Å²) in [6, 6.07) is -0.681. The third kappa shape index (κ3) is 5.38. The molecule has 2 aliphatic heterocycles. The molecule has 1 saturated carbocycles. The minimum atomic E-state index is -5.44. The van der Waals surface area contributed by atoms with E-state index < -0.39 is 83.2 Å². The van der Waals surface area contributed by atoms with Crippen molar-refractivity contribution in [3.8, 4) is 11.5 Å². The molecule has 3 amide bonds. The van der Waals surface area contributed by atoms with Crippen molar-refractivity contribution in [1.29, 1.82) is 0 Å². The van der Waals surface area contributed by atoms with E-state index in [0.717, 1.165) is 27.7 Å². The average Bonchev–Trinajstić information content (AvgIpc) is 3.38. The van der Waals surface area contributed by atoms with E-state index in [4.69, 9.17) is 11.6 Å². The van der Waals surface area contributed by atoms with Crippen LogP contribution >= 0.6 is 23.4 Å². The van der Waals surface area contributed by atoms with Gasteiger partial charge in [-0.1, -0.05) is 18.2 Å². The van der Waals surface area contributed by atoms with Crippen LogP contribution in [0.5, 0.6) is 11.5 Å². The maximum atomic E-state index is 13.0. The van der Waals surface area contributed by atoms with Crippen LogP contribution in [0.1, 0.15) is 17.2 Å². The summed E-state index contributed by atoms with van der Waals surface area (Å²) in [5.41, 5.74) is -0.625. The summed E-state index contributed by atoms with van der Waals surface area (Å²) in [4.78, 5) is 50.3. The molecule has 0 bridgehead atoms. The number of aromatic hydroxyl groups is 2. The quantitative estimate of drug-likeness (QED) is 0.102. The number of amides is 3. The zero-order valence-corrected chi connectivity index (χ0v) is 24.6. The Balaban J connectivity index is 0.00000420. The molecule has 18 heteroatoms. The van der Waals surface area contributed by atoms with Gasteiger partial charge in [0.25, 0.3) is 0 Å². The molecule has 4 unspecified atom stereocenters. The molecule has 204 valence electrons. The number of benzene rings is 1. The summed E-state index contributed by atoms with van der Waals surface area (Å²) in [5.74, 6) is -5.86. The molecule has 1 aromatic carbocycles. The monoisotopic (exact) mass is 610 g/mol. The number of hydrazone groups is 1. The Labute approximate surface area is 253 Å². The van der Waals surface area contributed by atoms with Gasteiger partial charge in [0.05, 0.1) is 6.54 Å². The first-order chi connectivity index (χ1) is 17.7. The zero-order valence-electron chi connectivity index (χ0n) is 20.2. The molecule has 4 N–H and O–H groups in total. The van der Waals surface area contributed by atoms with Gasteiger partial charge >= 0.3 is 41.6 Å². The molecule has 2 heterocycles. The molecule has 0 spiro atoms. The van der Waals surface area contributed by atoms with Crippen molar-refractivity contribution in [1.82, 2.24) is 15.2 Å². The van der Waals surface area contributed by atoms with E-state index in [1.807, 2.05) is 0 Å². The van der Waals surface area contributed by atoms with Crippen LogP contribution in [0.3, 0.4) is 0 Å². The Morgan fingerprint density at radius 3 is 2.51 bits per heavy atom. The summed E-state index contributed by atoms with van der Waals surface area (Å²) in [5, 5.41) is 32.6. The van der Waals surface area contributed by atoms with E-state index >= 15 is 0 Å². The fourth-order valence-electron chi connectivity index (χ4n) is 4.71. The molecule has 5 atom stereocenters. The largest absolute Gasteiger partial charge is 1.00 e. The standard InChI is InChI=1S/C21H21ClN4O10S2.Na/c1-2-3-23-26-5-4-25(20(26)33)21(19(31)32)8-10-15(29)14(16(10)37-21)24-18(30)17(38(34,35)36)9-6-12(27)13(28)7-11(9)22;/h2-3,6-7,10,14,16-17,27-28H,1,4-5,8H2,(H,24,30)(H,31,32)(H,34,35,36);/q;+1/p-1/b23-3-;/t10?,14?,16?,17?,21-;/m1./s1. The van der Waals surface area contributed by atoms with Crippen LogP contribution in [0.2, 0.25) is 5.02 Å². The smallest absolute Gasteiger partial charge is 0.747 e. The number of urea groups is 1. The zero-order chi connectivity index (χ0) is 28.2. The van der Waals surface area contributed by atoms with Crippen LogP contribution in [0, 0.1) is 5.92 Å². The van der Waals surface area contributed by atoms with Crippen LogP contribution < -0.4 is 34.9 Å². The van der Waals surface area contributed by atoms with Gasteiger partial charge in [-0.05, 0) is 12.1 Å². The third-order valence-electron chi connectivity index (χ3n) is 6.49. The number of halogens is 1. The van der Waals surface area contributed by atoms with E-state index in [0.29, 0.717) is 6.07 Å². The second-order valence-corrected chi connectivity index (χ2v) is 12.0. The number of nitrogens with zero attached hydrogens (tertiary/aromatic N) is 3. The molecule has 0 radical (unpaired) electrons. The van der Waals surface area contributed by atoms with Gasteiger partial charge in [-0.25, -0.2) is 23.0 Å². The van der Waals surface area contributed by atoms with Crippen molar-refractivity contribution in [2.24, 2.45) is 11.0 Å². The predicted molar refractivity (Wildman–Crippen MR) is 132 cm³/mol. The van der Waals surface area contributed by atoms with E-state index in [9.17, 15) is 47.5 Å². The fourth-order valence-corrected chi connectivity index (χ4v) is 7.73. The number of rotatable bonds is 8. The van der Waals surface area contributed by atoms with Crippen LogP contribution in [0.25, 0.3) is 0 Å². The van der Waals surface area contributed by atoms with Gasteiger partial charge in [0.1, 0.15) is 16.2 Å². The van der Waals surface area contributed by atoms with Crippen molar-refractivity contribution in [2.75, 3.05) is 13.1 Å². The Morgan fingerprint density at radius 1 is 1.28 bits per heavy atom. The number of carboxylic acids is 1. The number of carbonyl (C=O) groups excluding carboxylic acids is 3. The van der Waals surface area contributed by atoms with E-state index in [2.05, 4.69) is 17.0 Å². The minimum Gasteiger partial charge on any atom is -0.747 e. The fraction of sp³-hybridized carbons (Fsp3) is 0.381. The second-order valence-electron chi connectivity index (χ2n) is 8.66. The number of carboxylic acid groups (broad SMARTS) is 1. The number of phenolic OH excluding ortho intramolecular Hbond substituents is 2. The Kier molecular flexibility index (Phi) is 9.01. The molecule has 4 rings (SSSR count). The van der Waals surface area contributed by atoms with E-state index in [1.54, 1.807) is 0 Å². The van der Waals surface area contributed by atoms with Crippen molar-refractivity contribution < 1.29 is 77.0 Å². The number of hydrogen-bond donors (Lipinski definition) is 4. The van der Waals surface area contributed by atoms with Crippen LogP contribution in [-0.2, 0) is 24.5 Å².